The van der Waals surface area contributed by atoms with Gasteiger partial charge in [-0.05, 0) is 31.6 Å². The van der Waals surface area contributed by atoms with Gasteiger partial charge in [0, 0.05) is 19.5 Å². The average Bonchev–Trinajstić information content (AvgIpc) is 3.43. The molecule has 2 aliphatic heterocycles. The van der Waals surface area contributed by atoms with E-state index in [1.165, 1.54) is 19.2 Å². The van der Waals surface area contributed by atoms with Crippen molar-refractivity contribution >= 4 is 17.5 Å². The van der Waals surface area contributed by atoms with E-state index >= 15 is 0 Å². The summed E-state index contributed by atoms with van der Waals surface area (Å²) in [5, 5.41) is 0. The standard InChI is InChI=1S/C17H22N4O3/c22-15(7-13-1-2-13)20-5-3-17(4-6-20)11-21(16(23)10-24-17)14-8-18-12-19-9-14/h8-9,12-13H,1-7,10-11H2. The van der Waals surface area contributed by atoms with Gasteiger partial charge in [-0.2, -0.15) is 0 Å². The SMILES string of the molecule is O=C(CC1CC1)N1CCC2(CC1)CN(c1cncnc1)C(=O)CO2. The number of amides is 2. The van der Waals surface area contributed by atoms with Crippen molar-refractivity contribution in [3.63, 3.8) is 0 Å². The highest BCUT2D eigenvalue weighted by atomic mass is 16.5. The van der Waals surface area contributed by atoms with Gasteiger partial charge in [-0.1, -0.05) is 0 Å². The molecule has 24 heavy (non-hydrogen) atoms. The molecule has 0 atom stereocenters. The molecule has 1 aromatic heterocycles. The zero-order chi connectivity index (χ0) is 16.6. The summed E-state index contributed by atoms with van der Waals surface area (Å²) >= 11 is 0. The fourth-order valence-electron chi connectivity index (χ4n) is 3.54. The molecule has 0 unspecified atom stereocenters. The normalized spacial score (nSPS) is 23.6. The van der Waals surface area contributed by atoms with Gasteiger partial charge < -0.3 is 14.5 Å². The van der Waals surface area contributed by atoms with Crippen molar-refractivity contribution in [1.29, 1.82) is 0 Å². The van der Waals surface area contributed by atoms with Crippen LogP contribution in [0.15, 0.2) is 18.7 Å². The van der Waals surface area contributed by atoms with Crippen LogP contribution in [0.1, 0.15) is 32.1 Å². The Morgan fingerprint density at radius 3 is 2.62 bits per heavy atom. The minimum atomic E-state index is -0.361. The van der Waals surface area contributed by atoms with Gasteiger partial charge >= 0.3 is 0 Å². The van der Waals surface area contributed by atoms with E-state index in [2.05, 4.69) is 9.97 Å². The second-order valence-electron chi connectivity index (χ2n) is 7.08. The van der Waals surface area contributed by atoms with Gasteiger partial charge in [-0.3, -0.25) is 9.59 Å². The van der Waals surface area contributed by atoms with Gasteiger partial charge in [0.05, 0.1) is 30.2 Å². The van der Waals surface area contributed by atoms with Crippen LogP contribution in [-0.4, -0.2) is 58.5 Å². The van der Waals surface area contributed by atoms with E-state index in [1.807, 2.05) is 4.90 Å². The summed E-state index contributed by atoms with van der Waals surface area (Å²) in [4.78, 5) is 36.1. The van der Waals surface area contributed by atoms with Crippen LogP contribution in [0.2, 0.25) is 0 Å². The van der Waals surface area contributed by atoms with E-state index < -0.39 is 0 Å². The summed E-state index contributed by atoms with van der Waals surface area (Å²) in [5.41, 5.74) is 0.345. The molecule has 1 aromatic rings. The molecule has 3 aliphatic rings. The maximum Gasteiger partial charge on any atom is 0.253 e. The number of rotatable bonds is 3. The van der Waals surface area contributed by atoms with Gasteiger partial charge in [0.1, 0.15) is 12.9 Å². The number of anilines is 1. The van der Waals surface area contributed by atoms with E-state index in [0.29, 0.717) is 37.7 Å². The minimum Gasteiger partial charge on any atom is -0.363 e. The first kappa shape index (κ1) is 15.5. The number of piperidine rings is 1. The number of carbonyl (C=O) groups excluding carboxylic acids is 2. The molecule has 2 saturated heterocycles. The summed E-state index contributed by atoms with van der Waals surface area (Å²) in [5.74, 6) is 0.820. The minimum absolute atomic E-state index is 0.0670. The molecular formula is C17H22N4O3. The predicted molar refractivity (Wildman–Crippen MR) is 86.2 cm³/mol. The molecule has 3 heterocycles. The molecule has 1 saturated carbocycles. The Kier molecular flexibility index (Phi) is 3.96. The number of hydrogen-bond acceptors (Lipinski definition) is 5. The van der Waals surface area contributed by atoms with Crippen molar-refractivity contribution < 1.29 is 14.3 Å². The number of carbonyl (C=O) groups is 2. The maximum atomic E-state index is 12.3. The lowest BCUT2D eigenvalue weighted by molar-refractivity contribution is -0.150. The topological polar surface area (TPSA) is 75.6 Å². The van der Waals surface area contributed by atoms with Crippen LogP contribution in [-0.2, 0) is 14.3 Å². The monoisotopic (exact) mass is 330 g/mol. The molecule has 2 amide bonds. The molecule has 1 aliphatic carbocycles. The van der Waals surface area contributed by atoms with Gasteiger partial charge in [0.2, 0.25) is 5.91 Å². The molecule has 0 radical (unpaired) electrons. The number of ether oxygens (including phenoxy) is 1. The molecule has 0 bridgehead atoms. The largest absolute Gasteiger partial charge is 0.363 e. The van der Waals surface area contributed by atoms with Crippen LogP contribution < -0.4 is 4.90 Å². The van der Waals surface area contributed by atoms with Crippen LogP contribution in [0.4, 0.5) is 5.69 Å². The molecule has 128 valence electrons. The first-order valence-electron chi connectivity index (χ1n) is 8.62. The van der Waals surface area contributed by atoms with E-state index in [1.54, 1.807) is 17.3 Å². The molecule has 1 spiro atoms. The van der Waals surface area contributed by atoms with E-state index in [9.17, 15) is 9.59 Å². The van der Waals surface area contributed by atoms with Crippen LogP contribution in [0, 0.1) is 5.92 Å². The smallest absolute Gasteiger partial charge is 0.253 e. The van der Waals surface area contributed by atoms with Crippen molar-refractivity contribution in [3.8, 4) is 0 Å². The number of aromatic nitrogens is 2. The molecule has 0 aromatic carbocycles. The maximum absolute atomic E-state index is 12.3. The van der Waals surface area contributed by atoms with Crippen molar-refractivity contribution in [2.75, 3.05) is 31.1 Å². The summed E-state index contributed by atoms with van der Waals surface area (Å²) in [6.45, 7) is 1.99. The highest BCUT2D eigenvalue weighted by Crippen LogP contribution is 2.35. The lowest BCUT2D eigenvalue weighted by atomic mass is 9.89. The molecular weight excluding hydrogens is 308 g/mol. The first-order valence-corrected chi connectivity index (χ1v) is 8.62. The Morgan fingerprint density at radius 2 is 1.96 bits per heavy atom. The second kappa shape index (κ2) is 6.12. The Labute approximate surface area is 141 Å². The highest BCUT2D eigenvalue weighted by molar-refractivity contribution is 5.94. The number of hydrogen-bond donors (Lipinski definition) is 0. The van der Waals surface area contributed by atoms with Gasteiger partial charge in [-0.25, -0.2) is 9.97 Å². The second-order valence-corrected chi connectivity index (χ2v) is 7.08. The van der Waals surface area contributed by atoms with Gasteiger partial charge in [0.25, 0.3) is 5.91 Å². The third kappa shape index (κ3) is 3.13. The highest BCUT2D eigenvalue weighted by Gasteiger charge is 2.43. The Bertz CT molecular complexity index is 624. The fraction of sp³-hybridized carbons (Fsp3) is 0.647. The quantitative estimate of drug-likeness (QED) is 0.826. The summed E-state index contributed by atoms with van der Waals surface area (Å²) in [6, 6.07) is 0. The average molecular weight is 330 g/mol. The van der Waals surface area contributed by atoms with E-state index in [4.69, 9.17) is 4.74 Å². The summed E-state index contributed by atoms with van der Waals surface area (Å²) in [7, 11) is 0. The van der Waals surface area contributed by atoms with Crippen molar-refractivity contribution in [1.82, 2.24) is 14.9 Å². The van der Waals surface area contributed by atoms with Crippen molar-refractivity contribution in [2.45, 2.75) is 37.7 Å². The van der Waals surface area contributed by atoms with Crippen LogP contribution in [0.5, 0.6) is 0 Å². The predicted octanol–water partition coefficient (Wildman–Crippen LogP) is 1.00. The van der Waals surface area contributed by atoms with Gasteiger partial charge in [0.15, 0.2) is 0 Å². The van der Waals surface area contributed by atoms with E-state index in [-0.39, 0.29) is 24.0 Å². The third-order valence-electron chi connectivity index (χ3n) is 5.30. The lowest BCUT2D eigenvalue weighted by Gasteiger charge is -2.46. The zero-order valence-corrected chi connectivity index (χ0v) is 13.7. The van der Waals surface area contributed by atoms with Crippen LogP contribution in [0.25, 0.3) is 0 Å². The molecule has 7 heteroatoms. The van der Waals surface area contributed by atoms with Crippen molar-refractivity contribution in [3.05, 3.63) is 18.7 Å². The van der Waals surface area contributed by atoms with E-state index in [0.717, 1.165) is 12.8 Å². The molecule has 3 fully saturated rings. The summed E-state index contributed by atoms with van der Waals surface area (Å²) in [6.07, 6.45) is 9.37. The molecule has 7 nitrogen and oxygen atoms in total. The lowest BCUT2D eigenvalue weighted by Crippen LogP contribution is -2.59. The number of likely N-dealkylation sites (tertiary alicyclic amines) is 1. The number of nitrogens with zero attached hydrogens (tertiary/aromatic N) is 4. The van der Waals surface area contributed by atoms with Crippen LogP contribution in [0.3, 0.4) is 0 Å². The van der Waals surface area contributed by atoms with Crippen molar-refractivity contribution in [2.24, 2.45) is 5.92 Å². The van der Waals surface area contributed by atoms with Gasteiger partial charge in [-0.15, -0.1) is 0 Å². The fourth-order valence-corrected chi connectivity index (χ4v) is 3.54. The first-order chi connectivity index (χ1) is 11.7. The number of morpholine rings is 1. The zero-order valence-electron chi connectivity index (χ0n) is 13.7. The molecule has 0 N–H and O–H groups in total. The Balaban J connectivity index is 1.41. The Hall–Kier alpha value is -2.02. The molecule has 4 rings (SSSR count). The Morgan fingerprint density at radius 1 is 1.25 bits per heavy atom. The summed E-state index contributed by atoms with van der Waals surface area (Å²) < 4.78 is 5.92. The van der Waals surface area contributed by atoms with Crippen LogP contribution >= 0.6 is 0 Å². The third-order valence-corrected chi connectivity index (χ3v) is 5.30.